The number of halogens is 1. The lowest BCUT2D eigenvalue weighted by Crippen LogP contribution is -2.08. The Labute approximate surface area is 114 Å². The first kappa shape index (κ1) is 13.1. The molecule has 0 amide bonds. The van der Waals surface area contributed by atoms with Crippen molar-refractivity contribution in [3.8, 4) is 5.75 Å². The lowest BCUT2D eigenvalue weighted by atomic mass is 10.2. The molecule has 0 saturated carbocycles. The summed E-state index contributed by atoms with van der Waals surface area (Å²) in [4.78, 5) is 11.9. The average Bonchev–Trinajstić information content (AvgIpc) is 2.42. The summed E-state index contributed by atoms with van der Waals surface area (Å²) in [6, 6.07) is 13.2. The van der Waals surface area contributed by atoms with Crippen LogP contribution in [-0.2, 0) is 0 Å². The van der Waals surface area contributed by atoms with Crippen molar-refractivity contribution >= 4 is 23.8 Å². The molecule has 19 heavy (non-hydrogen) atoms. The van der Waals surface area contributed by atoms with E-state index >= 15 is 0 Å². The van der Waals surface area contributed by atoms with Gasteiger partial charge in [-0.3, -0.25) is 0 Å². The van der Waals surface area contributed by atoms with Gasteiger partial charge >= 0.3 is 5.97 Å². The first-order valence-electron chi connectivity index (χ1n) is 5.45. The van der Waals surface area contributed by atoms with E-state index < -0.39 is 5.97 Å². The summed E-state index contributed by atoms with van der Waals surface area (Å²) >= 11 is 5.91. The fourth-order valence-electron chi connectivity index (χ4n) is 1.48. The molecular formula is C14H10ClNO3. The molecule has 0 aliphatic heterocycles. The van der Waals surface area contributed by atoms with Gasteiger partial charge in [0.15, 0.2) is 0 Å². The van der Waals surface area contributed by atoms with Crippen molar-refractivity contribution < 1.29 is 14.7 Å². The summed E-state index contributed by atoms with van der Waals surface area (Å²) in [5.41, 5.74) is 1.00. The van der Waals surface area contributed by atoms with E-state index in [0.29, 0.717) is 21.9 Å². The number of rotatable bonds is 3. The summed E-state index contributed by atoms with van der Waals surface area (Å²) in [6.07, 6.45) is 1.28. The number of nitrogens with zero attached hydrogens (tertiary/aromatic N) is 1. The maximum absolute atomic E-state index is 11.9. The van der Waals surface area contributed by atoms with E-state index in [1.54, 1.807) is 48.5 Å². The van der Waals surface area contributed by atoms with Crippen LogP contribution in [0.25, 0.3) is 0 Å². The van der Waals surface area contributed by atoms with Crippen LogP contribution in [0.4, 0.5) is 0 Å². The molecule has 1 N–H and O–H groups in total. The fraction of sp³-hybridized carbons (Fsp3) is 0. The third kappa shape index (κ3) is 3.33. The van der Waals surface area contributed by atoms with Crippen molar-refractivity contribution in [2.75, 3.05) is 0 Å². The highest BCUT2D eigenvalue weighted by Gasteiger charge is 2.11. The number of hydrogen-bond donors (Lipinski definition) is 1. The number of oxime groups is 1. The molecule has 0 aliphatic rings. The maximum Gasteiger partial charge on any atom is 0.345 e. The monoisotopic (exact) mass is 275 g/mol. The molecular weight excluding hydrogens is 266 g/mol. The standard InChI is InChI=1S/C14H10ClNO3/c15-13-4-2-1-3-12(13)14(17)19-11-7-5-10(6-8-11)9-16-18/h1-9,18H/b16-9-. The SMILES string of the molecule is O=C(Oc1ccc(/C=N\O)cc1)c1ccccc1Cl. The molecule has 0 fully saturated rings. The lowest BCUT2D eigenvalue weighted by molar-refractivity contribution is 0.0735. The van der Waals surface area contributed by atoms with Gasteiger partial charge in [0.1, 0.15) is 5.75 Å². The van der Waals surface area contributed by atoms with Crippen molar-refractivity contribution in [3.05, 3.63) is 64.7 Å². The Morgan fingerprint density at radius 1 is 1.16 bits per heavy atom. The topological polar surface area (TPSA) is 58.9 Å². The van der Waals surface area contributed by atoms with Gasteiger partial charge in [0.05, 0.1) is 16.8 Å². The van der Waals surface area contributed by atoms with Crippen molar-refractivity contribution in [3.63, 3.8) is 0 Å². The fourth-order valence-corrected chi connectivity index (χ4v) is 1.69. The van der Waals surface area contributed by atoms with E-state index in [9.17, 15) is 4.79 Å². The molecule has 0 saturated heterocycles. The van der Waals surface area contributed by atoms with E-state index in [-0.39, 0.29) is 0 Å². The summed E-state index contributed by atoms with van der Waals surface area (Å²) in [5, 5.41) is 11.6. The highest BCUT2D eigenvalue weighted by molar-refractivity contribution is 6.33. The largest absolute Gasteiger partial charge is 0.423 e. The molecule has 0 atom stereocenters. The molecule has 2 aromatic carbocycles. The molecule has 0 unspecified atom stereocenters. The van der Waals surface area contributed by atoms with Crippen LogP contribution in [0.15, 0.2) is 53.7 Å². The molecule has 0 heterocycles. The normalized spacial score (nSPS) is 10.6. The minimum Gasteiger partial charge on any atom is -0.423 e. The number of esters is 1. The summed E-state index contributed by atoms with van der Waals surface area (Å²) in [7, 11) is 0. The van der Waals surface area contributed by atoms with Gasteiger partial charge in [0.2, 0.25) is 0 Å². The molecule has 0 bridgehead atoms. The van der Waals surface area contributed by atoms with Crippen LogP contribution in [0.5, 0.6) is 5.75 Å². The van der Waals surface area contributed by atoms with Crippen LogP contribution in [0.3, 0.4) is 0 Å². The van der Waals surface area contributed by atoms with E-state index in [4.69, 9.17) is 21.5 Å². The molecule has 0 aliphatic carbocycles. The second kappa shape index (κ2) is 6.02. The molecule has 5 heteroatoms. The van der Waals surface area contributed by atoms with Crippen LogP contribution >= 0.6 is 11.6 Å². The molecule has 0 spiro atoms. The lowest BCUT2D eigenvalue weighted by Gasteiger charge is -2.05. The number of ether oxygens (including phenoxy) is 1. The zero-order valence-electron chi connectivity index (χ0n) is 9.79. The van der Waals surface area contributed by atoms with E-state index in [1.807, 2.05) is 0 Å². The van der Waals surface area contributed by atoms with Crippen molar-refractivity contribution in [2.24, 2.45) is 5.16 Å². The summed E-state index contributed by atoms with van der Waals surface area (Å²) in [6.45, 7) is 0. The van der Waals surface area contributed by atoms with Crippen LogP contribution in [0.2, 0.25) is 5.02 Å². The highest BCUT2D eigenvalue weighted by Crippen LogP contribution is 2.18. The third-order valence-electron chi connectivity index (χ3n) is 2.39. The average molecular weight is 276 g/mol. The van der Waals surface area contributed by atoms with Crippen molar-refractivity contribution in [1.82, 2.24) is 0 Å². The van der Waals surface area contributed by atoms with E-state index in [0.717, 1.165) is 0 Å². The van der Waals surface area contributed by atoms with Gasteiger partial charge in [-0.25, -0.2) is 4.79 Å². The van der Waals surface area contributed by atoms with Crippen molar-refractivity contribution in [2.45, 2.75) is 0 Å². The van der Waals surface area contributed by atoms with Gasteiger partial charge < -0.3 is 9.94 Å². The quantitative estimate of drug-likeness (QED) is 0.307. The van der Waals surface area contributed by atoms with Gasteiger partial charge in [-0.05, 0) is 42.0 Å². The molecule has 96 valence electrons. The van der Waals surface area contributed by atoms with Gasteiger partial charge in [0, 0.05) is 0 Å². The van der Waals surface area contributed by atoms with Crippen LogP contribution in [-0.4, -0.2) is 17.4 Å². The minimum atomic E-state index is -0.519. The zero-order valence-corrected chi connectivity index (χ0v) is 10.5. The third-order valence-corrected chi connectivity index (χ3v) is 2.72. The predicted octanol–water partition coefficient (Wildman–Crippen LogP) is 3.37. The summed E-state index contributed by atoms with van der Waals surface area (Å²) < 4.78 is 5.18. The summed E-state index contributed by atoms with van der Waals surface area (Å²) in [5.74, 6) is -0.130. The molecule has 4 nitrogen and oxygen atoms in total. The van der Waals surface area contributed by atoms with Gasteiger partial charge in [-0.15, -0.1) is 0 Å². The highest BCUT2D eigenvalue weighted by atomic mass is 35.5. The van der Waals surface area contributed by atoms with E-state index in [2.05, 4.69) is 5.16 Å². The number of carbonyl (C=O) groups excluding carboxylic acids is 1. The van der Waals surface area contributed by atoms with E-state index in [1.165, 1.54) is 6.21 Å². The predicted molar refractivity (Wildman–Crippen MR) is 72.2 cm³/mol. The van der Waals surface area contributed by atoms with Gasteiger partial charge in [-0.2, -0.15) is 0 Å². The van der Waals surface area contributed by atoms with Gasteiger partial charge in [0.25, 0.3) is 0 Å². The molecule has 2 aromatic rings. The Morgan fingerprint density at radius 2 is 1.84 bits per heavy atom. The Kier molecular flexibility index (Phi) is 4.15. The molecule has 0 aromatic heterocycles. The zero-order chi connectivity index (χ0) is 13.7. The van der Waals surface area contributed by atoms with Crippen LogP contribution < -0.4 is 4.74 Å². The Bertz CT molecular complexity index is 608. The number of carbonyl (C=O) groups is 1. The van der Waals surface area contributed by atoms with Crippen molar-refractivity contribution in [1.29, 1.82) is 0 Å². The maximum atomic E-state index is 11.9. The second-order valence-corrected chi connectivity index (χ2v) is 4.09. The Morgan fingerprint density at radius 3 is 2.47 bits per heavy atom. The smallest absolute Gasteiger partial charge is 0.345 e. The minimum absolute atomic E-state index is 0.310. The molecule has 2 rings (SSSR count). The number of hydrogen-bond acceptors (Lipinski definition) is 4. The molecule has 0 radical (unpaired) electrons. The van der Waals surface area contributed by atoms with Crippen LogP contribution in [0.1, 0.15) is 15.9 Å². The second-order valence-electron chi connectivity index (χ2n) is 3.68. The van der Waals surface area contributed by atoms with Crippen LogP contribution in [0, 0.1) is 0 Å². The first-order valence-corrected chi connectivity index (χ1v) is 5.82. The first-order chi connectivity index (χ1) is 9.20. The Hall–Kier alpha value is -2.33. The number of benzene rings is 2. The Balaban J connectivity index is 2.13. The van der Waals surface area contributed by atoms with Gasteiger partial charge in [-0.1, -0.05) is 28.9 Å².